The molecule has 0 amide bonds. The molecule has 2 fully saturated rings. The van der Waals surface area contributed by atoms with Crippen molar-refractivity contribution in [2.75, 3.05) is 13.2 Å². The molecule has 0 bridgehead atoms. The number of ether oxygens (including phenoxy) is 2. The predicted octanol–water partition coefficient (Wildman–Crippen LogP) is 1.14. The molecule has 8 heteroatoms. The lowest BCUT2D eigenvalue weighted by atomic mass is 9.49. The lowest BCUT2D eigenvalue weighted by Gasteiger charge is -2.57. The summed E-state index contributed by atoms with van der Waals surface area (Å²) in [5.74, 6) is 0.252. The molecule has 190 valence electrons. The highest BCUT2D eigenvalue weighted by atomic mass is 16.7. The van der Waals surface area contributed by atoms with Gasteiger partial charge in [0.2, 0.25) is 0 Å². The molecular weight excluding hydrogens is 440 g/mol. The van der Waals surface area contributed by atoms with Crippen molar-refractivity contribution in [1.82, 2.24) is 0 Å². The molecule has 1 heterocycles. The first-order chi connectivity index (χ1) is 16.0. The molecule has 0 radical (unpaired) electrons. The first-order valence-corrected chi connectivity index (χ1v) is 12.1. The number of rotatable bonds is 5. The summed E-state index contributed by atoms with van der Waals surface area (Å²) in [5, 5.41) is 61.8. The third-order valence-corrected chi connectivity index (χ3v) is 8.89. The maximum absolute atomic E-state index is 11.1. The Bertz CT molecular complexity index is 932. The van der Waals surface area contributed by atoms with Crippen LogP contribution in [0.2, 0.25) is 0 Å². The molecular formula is C26H38O8. The van der Waals surface area contributed by atoms with E-state index >= 15 is 0 Å². The number of phenolic OH excluding ortho intramolecular Hbond substituents is 1. The van der Waals surface area contributed by atoms with E-state index in [2.05, 4.69) is 13.5 Å². The van der Waals surface area contributed by atoms with E-state index in [9.17, 15) is 30.6 Å². The number of aromatic hydroxyl groups is 1. The van der Waals surface area contributed by atoms with Crippen molar-refractivity contribution in [2.24, 2.45) is 11.3 Å². The summed E-state index contributed by atoms with van der Waals surface area (Å²) in [5.41, 5.74) is 3.05. The van der Waals surface area contributed by atoms with Gasteiger partial charge in [-0.25, -0.2) is 0 Å². The van der Waals surface area contributed by atoms with Crippen molar-refractivity contribution in [3.63, 3.8) is 0 Å². The molecule has 0 spiro atoms. The van der Waals surface area contributed by atoms with E-state index in [0.29, 0.717) is 6.42 Å². The Kier molecular flexibility index (Phi) is 6.89. The van der Waals surface area contributed by atoms with E-state index in [1.807, 2.05) is 19.9 Å². The molecule has 1 saturated carbocycles. The second-order valence-corrected chi connectivity index (χ2v) is 10.7. The summed E-state index contributed by atoms with van der Waals surface area (Å²) >= 11 is 0. The van der Waals surface area contributed by atoms with Gasteiger partial charge in [-0.05, 0) is 72.3 Å². The molecule has 6 N–H and O–H groups in total. The average Bonchev–Trinajstić information content (AvgIpc) is 2.81. The molecule has 9 atom stereocenters. The molecule has 4 rings (SSSR count). The van der Waals surface area contributed by atoms with Gasteiger partial charge in [0.15, 0.2) is 6.29 Å². The number of hydrogen-bond donors (Lipinski definition) is 6. The van der Waals surface area contributed by atoms with Crippen LogP contribution in [0, 0.1) is 18.3 Å². The zero-order chi connectivity index (χ0) is 25.0. The van der Waals surface area contributed by atoms with Crippen LogP contribution < -0.4 is 0 Å². The fourth-order valence-electron chi connectivity index (χ4n) is 6.72. The fourth-order valence-corrected chi connectivity index (χ4v) is 6.72. The summed E-state index contributed by atoms with van der Waals surface area (Å²) in [7, 11) is 0. The van der Waals surface area contributed by atoms with Crippen LogP contribution in [0.15, 0.2) is 12.6 Å². The number of aliphatic hydroxyl groups is 5. The van der Waals surface area contributed by atoms with Gasteiger partial charge >= 0.3 is 0 Å². The highest BCUT2D eigenvalue weighted by molar-refractivity contribution is 5.64. The number of fused-ring (bicyclic) bond motifs is 3. The Morgan fingerprint density at radius 3 is 2.50 bits per heavy atom. The molecule has 8 nitrogen and oxygen atoms in total. The smallest absolute Gasteiger partial charge is 0.186 e. The lowest BCUT2D eigenvalue weighted by molar-refractivity contribution is -0.311. The minimum Gasteiger partial charge on any atom is -0.508 e. The third-order valence-electron chi connectivity index (χ3n) is 8.89. The Balaban J connectivity index is 1.64. The minimum absolute atomic E-state index is 0.0147. The third kappa shape index (κ3) is 3.80. The van der Waals surface area contributed by atoms with Crippen LogP contribution in [-0.4, -0.2) is 80.7 Å². The van der Waals surface area contributed by atoms with Crippen LogP contribution in [0.3, 0.4) is 0 Å². The quantitative estimate of drug-likeness (QED) is 0.370. The van der Waals surface area contributed by atoms with Crippen molar-refractivity contribution >= 4 is 6.08 Å². The van der Waals surface area contributed by atoms with Gasteiger partial charge in [-0.1, -0.05) is 26.5 Å². The Labute approximate surface area is 200 Å². The van der Waals surface area contributed by atoms with E-state index in [-0.39, 0.29) is 23.7 Å². The molecule has 0 aromatic heterocycles. The topological polar surface area (TPSA) is 140 Å². The van der Waals surface area contributed by atoms with Gasteiger partial charge in [-0.2, -0.15) is 0 Å². The largest absolute Gasteiger partial charge is 0.508 e. The van der Waals surface area contributed by atoms with Crippen molar-refractivity contribution in [2.45, 2.75) is 88.7 Å². The number of hydrogen-bond acceptors (Lipinski definition) is 8. The van der Waals surface area contributed by atoms with Gasteiger partial charge in [0.05, 0.1) is 19.3 Å². The first-order valence-electron chi connectivity index (χ1n) is 12.1. The molecule has 1 aromatic carbocycles. The molecule has 1 aliphatic heterocycles. The maximum atomic E-state index is 11.1. The van der Waals surface area contributed by atoms with Gasteiger partial charge < -0.3 is 40.1 Å². The maximum Gasteiger partial charge on any atom is 0.186 e. The van der Waals surface area contributed by atoms with Crippen molar-refractivity contribution < 1.29 is 40.1 Å². The van der Waals surface area contributed by atoms with Crippen molar-refractivity contribution in [1.29, 1.82) is 0 Å². The molecule has 34 heavy (non-hydrogen) atoms. The summed E-state index contributed by atoms with van der Waals surface area (Å²) in [4.78, 5) is 0. The highest BCUT2D eigenvalue weighted by Crippen LogP contribution is 2.58. The predicted molar refractivity (Wildman–Crippen MR) is 125 cm³/mol. The molecule has 1 saturated heterocycles. The standard InChI is InChI=1S/C26H38O8/c1-5-14-13(2)17(28)10-16-15(14)6-7-19-25(16,3)9-8-20(29)26(19,4)12-33-24-23(32)22(31)21(30)18(11-27)34-24/h5,10,18-24,27-32H,1,6-9,11-12H2,2-4H3/t18-,19+,20-,21-,22+,23-,24-,25+,26+/m1/s1. The second-order valence-electron chi connectivity index (χ2n) is 10.7. The van der Waals surface area contributed by atoms with E-state index in [1.54, 1.807) is 6.08 Å². The van der Waals surface area contributed by atoms with Gasteiger partial charge in [0.1, 0.15) is 30.2 Å². The summed E-state index contributed by atoms with van der Waals surface area (Å²) in [6, 6.07) is 1.86. The highest BCUT2D eigenvalue weighted by Gasteiger charge is 2.57. The Morgan fingerprint density at radius 2 is 1.85 bits per heavy atom. The molecule has 0 unspecified atom stereocenters. The molecule has 2 aliphatic carbocycles. The van der Waals surface area contributed by atoms with Crippen LogP contribution in [0.4, 0.5) is 0 Å². The fraction of sp³-hybridized carbons (Fsp3) is 0.692. The number of benzene rings is 1. The van der Waals surface area contributed by atoms with Gasteiger partial charge in [-0.3, -0.25) is 0 Å². The Morgan fingerprint density at radius 1 is 1.15 bits per heavy atom. The number of phenols is 1. The van der Waals surface area contributed by atoms with Crippen LogP contribution in [-0.2, 0) is 21.3 Å². The van der Waals surface area contributed by atoms with Crippen LogP contribution in [0.1, 0.15) is 55.4 Å². The average molecular weight is 479 g/mol. The molecule has 3 aliphatic rings. The SMILES string of the molecule is C=Cc1c(C)c(O)cc2c1CC[C@@H]1[C@](C)(CO[C@@H]3O[C@H](CO)[C@@H](O)[C@H](O)[C@H]3O)[C@H](O)CC[C@@]21C. The summed E-state index contributed by atoms with van der Waals surface area (Å²) in [6.45, 7) is 9.52. The van der Waals surface area contributed by atoms with E-state index < -0.39 is 48.8 Å². The zero-order valence-corrected chi connectivity index (χ0v) is 20.1. The monoisotopic (exact) mass is 478 g/mol. The van der Waals surface area contributed by atoms with Crippen LogP contribution in [0.5, 0.6) is 5.75 Å². The zero-order valence-electron chi connectivity index (χ0n) is 20.1. The summed E-state index contributed by atoms with van der Waals surface area (Å²) < 4.78 is 11.5. The van der Waals surface area contributed by atoms with Gasteiger partial charge in [0, 0.05) is 5.41 Å². The number of aliphatic hydroxyl groups excluding tert-OH is 5. The van der Waals surface area contributed by atoms with Crippen LogP contribution in [0.25, 0.3) is 6.08 Å². The van der Waals surface area contributed by atoms with Crippen LogP contribution >= 0.6 is 0 Å². The van der Waals surface area contributed by atoms with Crippen molar-refractivity contribution in [3.05, 3.63) is 34.9 Å². The Hall–Kier alpha value is -1.52. The van der Waals surface area contributed by atoms with E-state index in [4.69, 9.17) is 9.47 Å². The lowest BCUT2D eigenvalue weighted by Crippen LogP contribution is -2.61. The van der Waals surface area contributed by atoms with Gasteiger partial charge in [-0.15, -0.1) is 0 Å². The second kappa shape index (κ2) is 9.17. The minimum atomic E-state index is -1.52. The van der Waals surface area contributed by atoms with Crippen molar-refractivity contribution in [3.8, 4) is 5.75 Å². The normalized spacial score (nSPS) is 42.1. The summed E-state index contributed by atoms with van der Waals surface area (Å²) in [6.07, 6.45) is -2.74. The first kappa shape index (κ1) is 25.6. The van der Waals surface area contributed by atoms with E-state index in [0.717, 1.165) is 36.0 Å². The molecule has 1 aromatic rings. The van der Waals surface area contributed by atoms with E-state index in [1.165, 1.54) is 5.56 Å². The van der Waals surface area contributed by atoms with Gasteiger partial charge in [0.25, 0.3) is 0 Å².